The lowest BCUT2D eigenvalue weighted by Crippen LogP contribution is -2.28. The molecule has 204 valence electrons. The molecule has 13 heteroatoms. The molecule has 2 aromatic carbocycles. The van der Waals surface area contributed by atoms with Crippen LogP contribution in [0.2, 0.25) is 0 Å². The summed E-state index contributed by atoms with van der Waals surface area (Å²) in [6, 6.07) is 11.7. The Morgan fingerprint density at radius 3 is 2.50 bits per heavy atom. The summed E-state index contributed by atoms with van der Waals surface area (Å²) >= 11 is 0. The minimum Gasteiger partial charge on any atom is -0.406 e. The van der Waals surface area contributed by atoms with E-state index in [1.807, 2.05) is 24.3 Å². The van der Waals surface area contributed by atoms with E-state index in [-0.39, 0.29) is 18.0 Å². The van der Waals surface area contributed by atoms with Crippen LogP contribution in [0.25, 0.3) is 21.9 Å². The minimum absolute atomic E-state index is 0.0176. The third kappa shape index (κ3) is 6.52. The van der Waals surface area contributed by atoms with Crippen LogP contribution in [0, 0.1) is 0 Å². The van der Waals surface area contributed by atoms with Crippen molar-refractivity contribution in [2.24, 2.45) is 0 Å². The molecule has 0 aliphatic heterocycles. The number of nitrogens with one attached hydrogen (secondary N) is 1. The maximum atomic E-state index is 12.4. The lowest BCUT2D eigenvalue weighted by molar-refractivity contribution is -0.274. The van der Waals surface area contributed by atoms with E-state index in [1.54, 1.807) is 0 Å². The number of anilines is 1. The Kier molecular flexibility index (Phi) is 8.38. The number of rotatable bonds is 12. The molecule has 0 fully saturated rings. The number of hydrogen-bond acceptors (Lipinski definition) is 7. The SMILES string of the molecule is CCCCc1nc2c(N)nc3ccccc3c2n1CCOCCNS(=O)(=O)c1ccc(OC(F)(F)F)cc1. The number of unbranched alkanes of at least 4 members (excludes halogenated alkanes) is 1. The Hall–Kier alpha value is -3.42. The molecule has 2 heterocycles. The highest BCUT2D eigenvalue weighted by atomic mass is 32.2. The third-order valence-corrected chi connectivity index (χ3v) is 7.29. The first-order valence-corrected chi connectivity index (χ1v) is 13.5. The number of halogens is 3. The van der Waals surface area contributed by atoms with Crippen molar-refractivity contribution in [1.82, 2.24) is 19.3 Å². The average molecular weight is 552 g/mol. The quantitative estimate of drug-likeness (QED) is 0.250. The van der Waals surface area contributed by atoms with Crippen LogP contribution in [0.5, 0.6) is 5.75 Å². The van der Waals surface area contributed by atoms with E-state index in [9.17, 15) is 21.6 Å². The number of hydrogen-bond donors (Lipinski definition) is 2. The van der Waals surface area contributed by atoms with Crippen molar-refractivity contribution in [3.63, 3.8) is 0 Å². The standard InChI is InChI=1S/C25H28F3N5O4S/c1-2-3-8-21-32-22-23(19-6-4-5-7-20(19)31-24(22)29)33(21)14-16-36-15-13-30-38(34,35)18-11-9-17(10-12-18)37-25(26,27)28/h4-7,9-12,30H,2-3,8,13-16H2,1H3,(H2,29,31). The van der Waals surface area contributed by atoms with E-state index in [1.165, 1.54) is 0 Å². The first kappa shape index (κ1) is 27.6. The number of para-hydroxylation sites is 1. The maximum Gasteiger partial charge on any atom is 0.573 e. The summed E-state index contributed by atoms with van der Waals surface area (Å²) in [5.74, 6) is 0.743. The number of ether oxygens (including phenoxy) is 2. The molecule has 0 spiro atoms. The number of benzene rings is 2. The van der Waals surface area contributed by atoms with Gasteiger partial charge in [0.1, 0.15) is 17.1 Å². The Balaban J connectivity index is 1.38. The van der Waals surface area contributed by atoms with Gasteiger partial charge < -0.3 is 19.8 Å². The van der Waals surface area contributed by atoms with Crippen molar-refractivity contribution >= 4 is 37.8 Å². The van der Waals surface area contributed by atoms with Crippen LogP contribution in [0.3, 0.4) is 0 Å². The van der Waals surface area contributed by atoms with Crippen LogP contribution in [0.4, 0.5) is 19.0 Å². The van der Waals surface area contributed by atoms with Crippen molar-refractivity contribution in [3.8, 4) is 5.75 Å². The van der Waals surface area contributed by atoms with Crippen LogP contribution in [-0.4, -0.2) is 49.1 Å². The lowest BCUT2D eigenvalue weighted by Gasteiger charge is -2.12. The number of sulfonamides is 1. The number of imidazole rings is 1. The third-order valence-electron chi connectivity index (χ3n) is 5.81. The normalized spacial score (nSPS) is 12.4. The molecule has 0 amide bonds. The van der Waals surface area contributed by atoms with Crippen molar-refractivity contribution in [3.05, 3.63) is 54.4 Å². The first-order chi connectivity index (χ1) is 18.1. The maximum absolute atomic E-state index is 12.4. The lowest BCUT2D eigenvalue weighted by atomic mass is 10.2. The molecular formula is C25H28F3N5O4S. The van der Waals surface area contributed by atoms with Gasteiger partial charge in [-0.1, -0.05) is 31.5 Å². The largest absolute Gasteiger partial charge is 0.573 e. The molecule has 3 N–H and O–H groups in total. The van der Waals surface area contributed by atoms with Gasteiger partial charge in [0.25, 0.3) is 0 Å². The van der Waals surface area contributed by atoms with E-state index in [2.05, 4.69) is 25.9 Å². The van der Waals surface area contributed by atoms with E-state index >= 15 is 0 Å². The summed E-state index contributed by atoms with van der Waals surface area (Å²) in [6.07, 6.45) is -2.12. The van der Waals surface area contributed by atoms with Gasteiger partial charge in [0, 0.05) is 24.9 Å². The van der Waals surface area contributed by atoms with Crippen LogP contribution in [0.15, 0.2) is 53.4 Å². The van der Waals surface area contributed by atoms with Gasteiger partial charge in [-0.25, -0.2) is 23.1 Å². The molecule has 0 radical (unpaired) electrons. The monoisotopic (exact) mass is 551 g/mol. The van der Waals surface area contributed by atoms with Gasteiger partial charge in [-0.15, -0.1) is 13.2 Å². The first-order valence-electron chi connectivity index (χ1n) is 12.1. The molecule has 0 atom stereocenters. The van der Waals surface area contributed by atoms with Gasteiger partial charge in [0.05, 0.1) is 29.1 Å². The van der Waals surface area contributed by atoms with Gasteiger partial charge in [-0.3, -0.25) is 0 Å². The molecule has 2 aromatic heterocycles. The van der Waals surface area contributed by atoms with Crippen LogP contribution in [-0.2, 0) is 27.7 Å². The van der Waals surface area contributed by atoms with E-state index in [4.69, 9.17) is 15.5 Å². The topological polar surface area (TPSA) is 121 Å². The molecule has 0 bridgehead atoms. The molecule has 4 aromatic rings. The highest BCUT2D eigenvalue weighted by molar-refractivity contribution is 7.89. The summed E-state index contributed by atoms with van der Waals surface area (Å²) in [4.78, 5) is 9.06. The number of nitrogens with two attached hydrogens (primary N) is 1. The fourth-order valence-electron chi connectivity index (χ4n) is 4.08. The summed E-state index contributed by atoms with van der Waals surface area (Å²) in [6.45, 7) is 2.96. The predicted octanol–water partition coefficient (Wildman–Crippen LogP) is 4.40. The number of nitrogen functional groups attached to an aromatic ring is 1. The van der Waals surface area contributed by atoms with Crippen LogP contribution < -0.4 is 15.2 Å². The molecular weight excluding hydrogens is 523 g/mol. The van der Waals surface area contributed by atoms with Gasteiger partial charge in [-0.2, -0.15) is 0 Å². The summed E-state index contributed by atoms with van der Waals surface area (Å²) in [5, 5.41) is 0.936. The fourth-order valence-corrected chi connectivity index (χ4v) is 5.09. The highest BCUT2D eigenvalue weighted by Gasteiger charge is 2.31. The van der Waals surface area contributed by atoms with Crippen LogP contribution >= 0.6 is 0 Å². The van der Waals surface area contributed by atoms with Gasteiger partial charge in [0.15, 0.2) is 5.82 Å². The van der Waals surface area contributed by atoms with Crippen molar-refractivity contribution < 1.29 is 31.1 Å². The average Bonchev–Trinajstić information content (AvgIpc) is 3.23. The zero-order chi connectivity index (χ0) is 27.3. The predicted molar refractivity (Wildman–Crippen MR) is 137 cm³/mol. The zero-order valence-electron chi connectivity index (χ0n) is 20.7. The van der Waals surface area contributed by atoms with Gasteiger partial charge in [0.2, 0.25) is 10.0 Å². The fraction of sp³-hybridized carbons (Fsp3) is 0.360. The van der Waals surface area contributed by atoms with E-state index in [0.29, 0.717) is 24.5 Å². The second-order valence-electron chi connectivity index (χ2n) is 8.52. The number of nitrogens with zero attached hydrogens (tertiary/aromatic N) is 3. The Morgan fingerprint density at radius 2 is 1.79 bits per heavy atom. The van der Waals surface area contributed by atoms with E-state index in [0.717, 1.165) is 65.8 Å². The summed E-state index contributed by atoms with van der Waals surface area (Å²) in [5.41, 5.74) is 8.52. The highest BCUT2D eigenvalue weighted by Crippen LogP contribution is 2.29. The molecule has 38 heavy (non-hydrogen) atoms. The number of alkyl halides is 3. The second kappa shape index (κ2) is 11.5. The molecule has 0 saturated heterocycles. The Morgan fingerprint density at radius 1 is 1.05 bits per heavy atom. The molecule has 9 nitrogen and oxygen atoms in total. The van der Waals surface area contributed by atoms with Crippen LogP contribution in [0.1, 0.15) is 25.6 Å². The molecule has 0 aliphatic carbocycles. The minimum atomic E-state index is -4.85. The van der Waals surface area contributed by atoms with Crippen molar-refractivity contribution in [1.29, 1.82) is 0 Å². The van der Waals surface area contributed by atoms with Crippen molar-refractivity contribution in [2.45, 2.75) is 44.0 Å². The molecule has 0 saturated carbocycles. The van der Waals surface area contributed by atoms with Crippen molar-refractivity contribution in [2.75, 3.05) is 25.5 Å². The second-order valence-corrected chi connectivity index (χ2v) is 10.3. The Labute approximate surface area is 217 Å². The number of aromatic nitrogens is 3. The van der Waals surface area contributed by atoms with E-state index < -0.39 is 22.1 Å². The molecule has 0 unspecified atom stereocenters. The smallest absolute Gasteiger partial charge is 0.406 e. The Bertz CT molecular complexity index is 1510. The van der Waals surface area contributed by atoms with Gasteiger partial charge in [-0.05, 0) is 36.8 Å². The number of pyridine rings is 1. The zero-order valence-corrected chi connectivity index (χ0v) is 21.5. The molecule has 0 aliphatic rings. The number of fused-ring (bicyclic) bond motifs is 3. The number of aryl methyl sites for hydroxylation is 1. The molecule has 4 rings (SSSR count). The summed E-state index contributed by atoms with van der Waals surface area (Å²) in [7, 11) is -3.93. The van der Waals surface area contributed by atoms with Gasteiger partial charge >= 0.3 is 6.36 Å². The summed E-state index contributed by atoms with van der Waals surface area (Å²) < 4.78 is 75.7.